The third kappa shape index (κ3) is 5.38. The molecule has 9 heteroatoms. The summed E-state index contributed by atoms with van der Waals surface area (Å²) in [6.45, 7) is -1.21. The molecule has 0 radical (unpaired) electrons. The monoisotopic (exact) mass is 384 g/mol. The summed E-state index contributed by atoms with van der Waals surface area (Å²) in [4.78, 5) is 11.7. The van der Waals surface area contributed by atoms with Crippen molar-refractivity contribution >= 4 is 15.9 Å². The summed E-state index contributed by atoms with van der Waals surface area (Å²) in [5, 5.41) is 8.75. The first-order valence-corrected chi connectivity index (χ1v) is 9.47. The van der Waals surface area contributed by atoms with Crippen molar-refractivity contribution in [3.63, 3.8) is 0 Å². The van der Waals surface area contributed by atoms with Crippen LogP contribution in [0, 0.1) is 0 Å². The highest BCUT2D eigenvalue weighted by Crippen LogP contribution is 2.26. The molecule has 1 aliphatic carbocycles. The molecule has 1 aromatic rings. The Bertz CT molecular complexity index is 778. The minimum atomic E-state index is -3.92. The zero-order valence-corrected chi connectivity index (χ0v) is 14.9. The van der Waals surface area contributed by atoms with E-state index in [1.165, 1.54) is 17.6 Å². The van der Waals surface area contributed by atoms with Crippen LogP contribution in [0.2, 0.25) is 0 Å². The Kier molecular flexibility index (Phi) is 7.31. The number of hydrogen-bond acceptors (Lipinski definition) is 5. The molecular formula is C17H21FN2O5S. The fourth-order valence-electron chi connectivity index (χ4n) is 2.48. The number of carbonyl (C=O) groups excluding carboxylic acids is 1. The van der Waals surface area contributed by atoms with E-state index < -0.39 is 29.1 Å². The summed E-state index contributed by atoms with van der Waals surface area (Å²) in [6.07, 6.45) is 3.42. The average Bonchev–Trinajstić information content (AvgIpc) is 2.66. The Morgan fingerprint density at radius 2 is 1.96 bits per heavy atom. The second kappa shape index (κ2) is 9.46. The van der Waals surface area contributed by atoms with Crippen LogP contribution in [-0.2, 0) is 26.1 Å². The van der Waals surface area contributed by atoms with Gasteiger partial charge in [0.1, 0.15) is 13.3 Å². The van der Waals surface area contributed by atoms with Gasteiger partial charge in [-0.15, -0.1) is 0 Å². The summed E-state index contributed by atoms with van der Waals surface area (Å²) in [5.41, 5.74) is 2.16. The molecule has 0 fully saturated rings. The number of sulfonamides is 1. The van der Waals surface area contributed by atoms with Crippen LogP contribution in [-0.4, -0.2) is 43.7 Å². The minimum absolute atomic E-state index is 0.0111. The quantitative estimate of drug-likeness (QED) is 0.501. The van der Waals surface area contributed by atoms with Gasteiger partial charge in [-0.05, 0) is 24.1 Å². The van der Waals surface area contributed by atoms with E-state index in [0.29, 0.717) is 17.7 Å². The standard InChI is InChI=1S/C17H21FN2O5S/c18-10-11-25-15-6-8-16(9-7-15)26(23,24)20(13-17(21)19-22)12-14-4-2-1-3-5-14/h1-6,8,22H,7,9-13H2,(H,19,21). The van der Waals surface area contributed by atoms with E-state index in [1.807, 2.05) is 0 Å². The number of allylic oxidation sites excluding steroid dienone is 4. The minimum Gasteiger partial charge on any atom is -0.495 e. The normalized spacial score (nSPS) is 14.6. The Hall–Kier alpha value is -2.23. The summed E-state index contributed by atoms with van der Waals surface area (Å²) in [6, 6.07) is 8.83. The summed E-state index contributed by atoms with van der Waals surface area (Å²) < 4.78 is 44.2. The smallest absolute Gasteiger partial charge is 0.258 e. The van der Waals surface area contributed by atoms with E-state index in [1.54, 1.807) is 30.3 Å². The first-order chi connectivity index (χ1) is 12.5. The number of carbonyl (C=O) groups is 1. The zero-order valence-electron chi connectivity index (χ0n) is 14.1. The molecule has 0 saturated carbocycles. The topological polar surface area (TPSA) is 95.9 Å². The zero-order chi connectivity index (χ0) is 19.0. The van der Waals surface area contributed by atoms with Crippen LogP contribution in [0.5, 0.6) is 0 Å². The van der Waals surface area contributed by atoms with E-state index in [0.717, 1.165) is 4.31 Å². The highest BCUT2D eigenvalue weighted by molar-refractivity contribution is 7.93. The molecule has 7 nitrogen and oxygen atoms in total. The second-order valence-corrected chi connectivity index (χ2v) is 7.59. The summed E-state index contributed by atoms with van der Waals surface area (Å²) in [7, 11) is -3.92. The molecule has 26 heavy (non-hydrogen) atoms. The van der Waals surface area contributed by atoms with Crippen LogP contribution in [0.15, 0.2) is 53.1 Å². The lowest BCUT2D eigenvalue weighted by Crippen LogP contribution is -2.40. The van der Waals surface area contributed by atoms with Crippen LogP contribution >= 0.6 is 0 Å². The Labute approximate surface area is 151 Å². The fraction of sp³-hybridized carbons (Fsp3) is 0.353. The van der Waals surface area contributed by atoms with Gasteiger partial charge in [0.15, 0.2) is 0 Å². The van der Waals surface area contributed by atoms with Gasteiger partial charge in [-0.1, -0.05) is 30.3 Å². The first-order valence-electron chi connectivity index (χ1n) is 8.03. The third-order valence-electron chi connectivity index (χ3n) is 3.76. The number of hydrogen-bond donors (Lipinski definition) is 2. The lowest BCUT2D eigenvalue weighted by Gasteiger charge is -2.24. The van der Waals surface area contributed by atoms with Gasteiger partial charge in [-0.25, -0.2) is 18.3 Å². The van der Waals surface area contributed by atoms with Crippen molar-refractivity contribution in [2.45, 2.75) is 19.4 Å². The molecule has 142 valence electrons. The number of nitrogens with zero attached hydrogens (tertiary/aromatic N) is 1. The molecule has 0 bridgehead atoms. The predicted octanol–water partition coefficient (Wildman–Crippen LogP) is 1.87. The van der Waals surface area contributed by atoms with Crippen LogP contribution in [0.1, 0.15) is 18.4 Å². The molecule has 0 spiro atoms. The van der Waals surface area contributed by atoms with Crippen molar-refractivity contribution in [2.75, 3.05) is 19.8 Å². The molecule has 0 aromatic heterocycles. The van der Waals surface area contributed by atoms with Gasteiger partial charge in [0.2, 0.25) is 10.0 Å². The van der Waals surface area contributed by atoms with Crippen molar-refractivity contribution in [2.24, 2.45) is 0 Å². The highest BCUT2D eigenvalue weighted by atomic mass is 32.2. The van der Waals surface area contributed by atoms with E-state index >= 15 is 0 Å². The Balaban J connectivity index is 2.23. The van der Waals surface area contributed by atoms with E-state index in [-0.39, 0.29) is 24.5 Å². The van der Waals surface area contributed by atoms with Crippen LogP contribution in [0.4, 0.5) is 4.39 Å². The summed E-state index contributed by atoms with van der Waals surface area (Å²) in [5.74, 6) is -0.312. The molecule has 1 amide bonds. The number of ether oxygens (including phenoxy) is 1. The van der Waals surface area contributed by atoms with Crippen molar-refractivity contribution in [3.8, 4) is 0 Å². The maximum atomic E-state index is 12.9. The van der Waals surface area contributed by atoms with Gasteiger partial charge in [0.05, 0.1) is 17.2 Å². The van der Waals surface area contributed by atoms with Gasteiger partial charge >= 0.3 is 0 Å². The maximum Gasteiger partial charge on any atom is 0.258 e. The van der Waals surface area contributed by atoms with Gasteiger partial charge in [-0.2, -0.15) is 4.31 Å². The predicted molar refractivity (Wildman–Crippen MR) is 93.0 cm³/mol. The number of nitrogens with one attached hydrogen (secondary N) is 1. The Morgan fingerprint density at radius 1 is 1.23 bits per heavy atom. The molecule has 1 aromatic carbocycles. The van der Waals surface area contributed by atoms with E-state index in [2.05, 4.69) is 0 Å². The Morgan fingerprint density at radius 3 is 2.54 bits per heavy atom. The number of rotatable bonds is 9. The molecule has 2 N–H and O–H groups in total. The number of halogens is 1. The maximum absolute atomic E-state index is 12.9. The SMILES string of the molecule is O=C(CN(Cc1ccccc1)S(=O)(=O)C1=CC=C(OCCF)CC1)NO. The average molecular weight is 384 g/mol. The van der Waals surface area contributed by atoms with Crippen LogP contribution < -0.4 is 5.48 Å². The lowest BCUT2D eigenvalue weighted by atomic mass is 10.1. The molecule has 0 atom stereocenters. The third-order valence-corrected chi connectivity index (χ3v) is 5.70. The molecule has 2 rings (SSSR count). The molecular weight excluding hydrogens is 363 g/mol. The molecule has 0 aliphatic heterocycles. The van der Waals surface area contributed by atoms with Gasteiger partial charge in [0.25, 0.3) is 5.91 Å². The number of hydroxylamine groups is 1. The highest BCUT2D eigenvalue weighted by Gasteiger charge is 2.29. The fourth-order valence-corrected chi connectivity index (χ4v) is 4.02. The molecule has 1 aliphatic rings. The van der Waals surface area contributed by atoms with Crippen molar-refractivity contribution < 1.29 is 27.5 Å². The molecule has 0 unspecified atom stereocenters. The first kappa shape index (κ1) is 20.1. The lowest BCUT2D eigenvalue weighted by molar-refractivity contribution is -0.129. The molecule has 0 heterocycles. The van der Waals surface area contributed by atoms with Crippen LogP contribution in [0.3, 0.4) is 0 Å². The van der Waals surface area contributed by atoms with Crippen molar-refractivity contribution in [3.05, 3.63) is 58.7 Å². The van der Waals surface area contributed by atoms with Gasteiger partial charge in [-0.3, -0.25) is 10.0 Å². The van der Waals surface area contributed by atoms with Gasteiger partial charge in [0, 0.05) is 13.0 Å². The molecule has 0 saturated heterocycles. The van der Waals surface area contributed by atoms with E-state index in [9.17, 15) is 17.6 Å². The number of amides is 1. The van der Waals surface area contributed by atoms with E-state index in [4.69, 9.17) is 9.94 Å². The van der Waals surface area contributed by atoms with Crippen molar-refractivity contribution in [1.82, 2.24) is 9.79 Å². The second-order valence-electron chi connectivity index (χ2n) is 5.60. The number of benzene rings is 1. The largest absolute Gasteiger partial charge is 0.495 e. The van der Waals surface area contributed by atoms with Crippen LogP contribution in [0.25, 0.3) is 0 Å². The summed E-state index contributed by atoms with van der Waals surface area (Å²) >= 11 is 0. The van der Waals surface area contributed by atoms with Gasteiger partial charge < -0.3 is 4.74 Å². The van der Waals surface area contributed by atoms with Crippen molar-refractivity contribution in [1.29, 1.82) is 0 Å². The number of alkyl halides is 1.